The first-order valence-corrected chi connectivity index (χ1v) is 7.11. The molecule has 0 bridgehead atoms. The number of fused-ring (bicyclic) bond motifs is 1. The molecular weight excluding hydrogens is 278 g/mol. The minimum Gasteiger partial charge on any atom is -0.489 e. The molecular formula is C17H17N3O2. The van der Waals surface area contributed by atoms with Gasteiger partial charge in [-0.25, -0.2) is 0 Å². The molecule has 0 aliphatic carbocycles. The fourth-order valence-electron chi connectivity index (χ4n) is 2.44. The largest absolute Gasteiger partial charge is 0.489 e. The highest BCUT2D eigenvalue weighted by molar-refractivity contribution is 5.95. The molecule has 0 unspecified atom stereocenters. The predicted molar refractivity (Wildman–Crippen MR) is 85.2 cm³/mol. The van der Waals surface area contributed by atoms with E-state index in [2.05, 4.69) is 5.32 Å². The zero-order valence-electron chi connectivity index (χ0n) is 12.1. The highest BCUT2D eigenvalue weighted by atomic mass is 16.5. The SMILES string of the molecule is N=C(N)c1cccc(COc2ccc3c(c2)CCC(=O)N3)c1. The number of ether oxygens (including phenoxy) is 1. The van der Waals surface area contributed by atoms with Crippen LogP contribution in [0, 0.1) is 5.41 Å². The molecule has 0 spiro atoms. The maximum absolute atomic E-state index is 11.3. The fraction of sp³-hybridized carbons (Fsp3) is 0.176. The van der Waals surface area contributed by atoms with E-state index in [1.54, 1.807) is 6.07 Å². The van der Waals surface area contributed by atoms with E-state index < -0.39 is 0 Å². The molecule has 112 valence electrons. The molecule has 0 saturated carbocycles. The van der Waals surface area contributed by atoms with Crippen LogP contribution < -0.4 is 15.8 Å². The van der Waals surface area contributed by atoms with E-state index in [1.807, 2.05) is 36.4 Å². The number of anilines is 1. The minimum absolute atomic E-state index is 0.0476. The topological polar surface area (TPSA) is 88.2 Å². The summed E-state index contributed by atoms with van der Waals surface area (Å²) >= 11 is 0. The molecule has 0 radical (unpaired) electrons. The summed E-state index contributed by atoms with van der Waals surface area (Å²) in [7, 11) is 0. The monoisotopic (exact) mass is 295 g/mol. The van der Waals surface area contributed by atoms with Gasteiger partial charge in [0.2, 0.25) is 5.91 Å². The number of amidine groups is 1. The second-order valence-corrected chi connectivity index (χ2v) is 5.27. The average Bonchev–Trinajstić information content (AvgIpc) is 2.53. The summed E-state index contributed by atoms with van der Waals surface area (Å²) < 4.78 is 5.80. The molecule has 0 aromatic heterocycles. The number of nitrogens with two attached hydrogens (primary N) is 1. The summed E-state index contributed by atoms with van der Waals surface area (Å²) in [5, 5.41) is 10.3. The van der Waals surface area contributed by atoms with Crippen LogP contribution in [0.25, 0.3) is 0 Å². The third kappa shape index (κ3) is 3.09. The van der Waals surface area contributed by atoms with Gasteiger partial charge in [0.15, 0.2) is 0 Å². The van der Waals surface area contributed by atoms with Crippen molar-refractivity contribution in [2.75, 3.05) is 5.32 Å². The Morgan fingerprint density at radius 3 is 2.91 bits per heavy atom. The predicted octanol–water partition coefficient (Wildman–Crippen LogP) is 2.43. The molecule has 5 heteroatoms. The van der Waals surface area contributed by atoms with Crippen LogP contribution in [-0.2, 0) is 17.8 Å². The second kappa shape index (κ2) is 5.89. The summed E-state index contributed by atoms with van der Waals surface area (Å²) in [6, 6.07) is 13.1. The molecule has 5 nitrogen and oxygen atoms in total. The van der Waals surface area contributed by atoms with Crippen LogP contribution in [0.5, 0.6) is 5.75 Å². The quantitative estimate of drug-likeness (QED) is 0.598. The molecule has 1 heterocycles. The Hall–Kier alpha value is -2.82. The van der Waals surface area contributed by atoms with Crippen molar-refractivity contribution in [3.8, 4) is 5.75 Å². The van der Waals surface area contributed by atoms with Crippen LogP contribution >= 0.6 is 0 Å². The van der Waals surface area contributed by atoms with Gasteiger partial charge in [0.05, 0.1) is 0 Å². The maximum atomic E-state index is 11.3. The van der Waals surface area contributed by atoms with Gasteiger partial charge in [0.25, 0.3) is 0 Å². The van der Waals surface area contributed by atoms with E-state index in [0.717, 1.165) is 29.0 Å². The third-order valence-electron chi connectivity index (χ3n) is 3.62. The second-order valence-electron chi connectivity index (χ2n) is 5.27. The summed E-state index contributed by atoms with van der Waals surface area (Å²) in [4.78, 5) is 11.3. The molecule has 2 aromatic carbocycles. The molecule has 1 aliphatic heterocycles. The molecule has 3 rings (SSSR count). The zero-order chi connectivity index (χ0) is 15.5. The molecule has 22 heavy (non-hydrogen) atoms. The Balaban J connectivity index is 1.70. The van der Waals surface area contributed by atoms with Crippen LogP contribution in [-0.4, -0.2) is 11.7 Å². The first kappa shape index (κ1) is 14.1. The van der Waals surface area contributed by atoms with Crippen LogP contribution in [0.1, 0.15) is 23.1 Å². The first-order valence-electron chi connectivity index (χ1n) is 7.11. The normalized spacial score (nSPS) is 13.2. The van der Waals surface area contributed by atoms with Gasteiger partial charge in [-0.2, -0.15) is 0 Å². The van der Waals surface area contributed by atoms with Crippen LogP contribution in [0.4, 0.5) is 5.69 Å². The van der Waals surface area contributed by atoms with Gasteiger partial charge in [0.1, 0.15) is 18.2 Å². The Morgan fingerprint density at radius 2 is 2.09 bits per heavy atom. The van der Waals surface area contributed by atoms with E-state index in [1.165, 1.54) is 0 Å². The Kier molecular flexibility index (Phi) is 3.78. The van der Waals surface area contributed by atoms with Crippen molar-refractivity contribution in [1.82, 2.24) is 0 Å². The van der Waals surface area contributed by atoms with Gasteiger partial charge in [-0.3, -0.25) is 10.2 Å². The fourth-order valence-corrected chi connectivity index (χ4v) is 2.44. The number of carbonyl (C=O) groups excluding carboxylic acids is 1. The maximum Gasteiger partial charge on any atom is 0.224 e. The number of carbonyl (C=O) groups is 1. The Bertz CT molecular complexity index is 740. The standard InChI is InChI=1S/C17H17N3O2/c18-17(19)13-3-1-2-11(8-13)10-22-14-5-6-15-12(9-14)4-7-16(21)20-15/h1-3,5-6,8-9H,4,7,10H2,(H3,18,19)(H,20,21). The van der Waals surface area contributed by atoms with Gasteiger partial charge in [-0.1, -0.05) is 18.2 Å². The number of aryl methyl sites for hydroxylation is 1. The lowest BCUT2D eigenvalue weighted by Gasteiger charge is -2.17. The minimum atomic E-state index is 0.0476. The zero-order valence-corrected chi connectivity index (χ0v) is 12.1. The van der Waals surface area contributed by atoms with Gasteiger partial charge in [-0.05, 0) is 41.8 Å². The highest BCUT2D eigenvalue weighted by Crippen LogP contribution is 2.27. The molecule has 1 aliphatic rings. The smallest absolute Gasteiger partial charge is 0.224 e. The van der Waals surface area contributed by atoms with Crippen LogP contribution in [0.3, 0.4) is 0 Å². The highest BCUT2D eigenvalue weighted by Gasteiger charge is 2.15. The van der Waals surface area contributed by atoms with Crippen molar-refractivity contribution in [2.45, 2.75) is 19.4 Å². The number of benzene rings is 2. The number of hydrogen-bond donors (Lipinski definition) is 3. The Morgan fingerprint density at radius 1 is 1.23 bits per heavy atom. The number of nitrogen functional groups attached to an aromatic ring is 1. The van der Waals surface area contributed by atoms with Gasteiger partial charge >= 0.3 is 0 Å². The molecule has 1 amide bonds. The number of nitrogens with one attached hydrogen (secondary N) is 2. The van der Waals surface area contributed by atoms with Crippen LogP contribution in [0.15, 0.2) is 42.5 Å². The lowest BCUT2D eigenvalue weighted by atomic mass is 10.0. The summed E-state index contributed by atoms with van der Waals surface area (Å²) in [5.74, 6) is 0.872. The number of rotatable bonds is 4. The third-order valence-corrected chi connectivity index (χ3v) is 3.62. The van der Waals surface area contributed by atoms with Gasteiger partial charge in [0, 0.05) is 17.7 Å². The molecule has 0 atom stereocenters. The summed E-state index contributed by atoms with van der Waals surface area (Å²) in [6.07, 6.45) is 1.25. The van der Waals surface area contributed by atoms with E-state index in [9.17, 15) is 4.79 Å². The lowest BCUT2D eigenvalue weighted by Crippen LogP contribution is -2.18. The van der Waals surface area contributed by atoms with Crippen molar-refractivity contribution < 1.29 is 9.53 Å². The molecule has 0 fully saturated rings. The Labute approximate surface area is 128 Å². The van der Waals surface area contributed by atoms with Crippen molar-refractivity contribution in [2.24, 2.45) is 5.73 Å². The van der Waals surface area contributed by atoms with E-state index in [4.69, 9.17) is 15.9 Å². The number of amides is 1. The molecule has 2 aromatic rings. The van der Waals surface area contributed by atoms with E-state index in [0.29, 0.717) is 18.6 Å². The first-order chi connectivity index (χ1) is 10.6. The summed E-state index contributed by atoms with van der Waals surface area (Å²) in [5.41, 5.74) is 9.09. The lowest BCUT2D eigenvalue weighted by molar-refractivity contribution is -0.116. The van der Waals surface area contributed by atoms with Gasteiger partial charge < -0.3 is 15.8 Å². The average molecular weight is 295 g/mol. The molecule has 0 saturated heterocycles. The summed E-state index contributed by atoms with van der Waals surface area (Å²) in [6.45, 7) is 0.409. The van der Waals surface area contributed by atoms with Crippen LogP contribution in [0.2, 0.25) is 0 Å². The van der Waals surface area contributed by atoms with Crippen molar-refractivity contribution in [3.05, 3.63) is 59.2 Å². The molecule has 4 N–H and O–H groups in total. The van der Waals surface area contributed by atoms with Crippen molar-refractivity contribution in [3.63, 3.8) is 0 Å². The number of hydrogen-bond acceptors (Lipinski definition) is 3. The van der Waals surface area contributed by atoms with E-state index in [-0.39, 0.29) is 11.7 Å². The van der Waals surface area contributed by atoms with E-state index >= 15 is 0 Å². The van der Waals surface area contributed by atoms with Gasteiger partial charge in [-0.15, -0.1) is 0 Å². The van der Waals surface area contributed by atoms with Crippen molar-refractivity contribution in [1.29, 1.82) is 5.41 Å². The van der Waals surface area contributed by atoms with Crippen molar-refractivity contribution >= 4 is 17.4 Å².